The van der Waals surface area contributed by atoms with Crippen LogP contribution in [0, 0.1) is 23.2 Å². The maximum Gasteiger partial charge on any atom is 0.235 e. The van der Waals surface area contributed by atoms with E-state index < -0.39 is 0 Å². The number of rotatable bonds is 2. The van der Waals surface area contributed by atoms with E-state index in [4.69, 9.17) is 16.0 Å². The number of halogens is 1. The highest BCUT2D eigenvalue weighted by Crippen LogP contribution is 2.33. The molecule has 0 bridgehead atoms. The Kier molecular flexibility index (Phi) is 4.08. The van der Waals surface area contributed by atoms with Crippen LogP contribution in [-0.4, -0.2) is 18.1 Å². The molecule has 4 nitrogen and oxygen atoms in total. The molecule has 1 aliphatic rings. The predicted octanol–water partition coefficient (Wildman–Crippen LogP) is 4.35. The van der Waals surface area contributed by atoms with Crippen molar-refractivity contribution in [2.24, 2.45) is 11.8 Å². The van der Waals surface area contributed by atoms with Crippen molar-refractivity contribution in [1.82, 2.24) is 4.98 Å². The lowest BCUT2D eigenvalue weighted by Crippen LogP contribution is -2.38. The number of anilines is 1. The molecule has 1 aliphatic heterocycles. The summed E-state index contributed by atoms with van der Waals surface area (Å²) >= 11 is 6.02. The number of benzene rings is 1. The highest BCUT2D eigenvalue weighted by atomic mass is 35.5. The molecule has 2 aromatic rings. The van der Waals surface area contributed by atoms with Crippen LogP contribution in [-0.2, 0) is 0 Å². The summed E-state index contributed by atoms with van der Waals surface area (Å²) in [7, 11) is 0. The van der Waals surface area contributed by atoms with Gasteiger partial charge in [0.1, 0.15) is 6.07 Å². The largest absolute Gasteiger partial charge is 0.419 e. The Morgan fingerprint density at radius 1 is 1.32 bits per heavy atom. The van der Waals surface area contributed by atoms with Crippen molar-refractivity contribution in [3.63, 3.8) is 0 Å². The van der Waals surface area contributed by atoms with Crippen LogP contribution in [0.1, 0.15) is 26.0 Å². The normalized spacial score (nSPS) is 21.6. The van der Waals surface area contributed by atoms with Gasteiger partial charge in [0.15, 0.2) is 0 Å². The fourth-order valence-corrected chi connectivity index (χ4v) is 3.36. The van der Waals surface area contributed by atoms with Crippen LogP contribution in [0.15, 0.2) is 28.7 Å². The van der Waals surface area contributed by atoms with Gasteiger partial charge in [-0.2, -0.15) is 10.2 Å². The van der Waals surface area contributed by atoms with Crippen LogP contribution in [0.25, 0.3) is 11.5 Å². The molecule has 1 saturated heterocycles. The molecule has 22 heavy (non-hydrogen) atoms. The number of oxazole rings is 1. The average Bonchev–Trinajstić information content (AvgIpc) is 2.90. The molecule has 2 heterocycles. The van der Waals surface area contributed by atoms with Gasteiger partial charge < -0.3 is 9.32 Å². The summed E-state index contributed by atoms with van der Waals surface area (Å²) in [5.41, 5.74) is 1.13. The Morgan fingerprint density at radius 2 is 2.05 bits per heavy atom. The molecule has 0 radical (unpaired) electrons. The molecular formula is C17H18ClN3O. The maximum atomic E-state index is 9.37. The van der Waals surface area contributed by atoms with Crippen LogP contribution in [0.2, 0.25) is 5.02 Å². The maximum absolute atomic E-state index is 9.37. The third-order valence-electron chi connectivity index (χ3n) is 3.94. The number of hydrogen-bond donors (Lipinski definition) is 0. The Labute approximate surface area is 135 Å². The second kappa shape index (κ2) is 6.02. The van der Waals surface area contributed by atoms with E-state index in [0.29, 0.717) is 34.3 Å². The van der Waals surface area contributed by atoms with Crippen molar-refractivity contribution in [2.75, 3.05) is 18.0 Å². The van der Waals surface area contributed by atoms with E-state index in [1.54, 1.807) is 12.1 Å². The monoisotopic (exact) mass is 315 g/mol. The quantitative estimate of drug-likeness (QED) is 0.826. The van der Waals surface area contributed by atoms with Gasteiger partial charge in [-0.05, 0) is 36.5 Å². The molecule has 2 atom stereocenters. The van der Waals surface area contributed by atoms with E-state index in [0.717, 1.165) is 18.7 Å². The Hall–Kier alpha value is -1.99. The van der Waals surface area contributed by atoms with Gasteiger partial charge in [0.25, 0.3) is 0 Å². The van der Waals surface area contributed by atoms with Gasteiger partial charge >= 0.3 is 0 Å². The van der Waals surface area contributed by atoms with Crippen LogP contribution < -0.4 is 4.90 Å². The van der Waals surface area contributed by atoms with E-state index in [2.05, 4.69) is 29.8 Å². The first-order valence-corrected chi connectivity index (χ1v) is 7.86. The van der Waals surface area contributed by atoms with Gasteiger partial charge in [-0.25, -0.2) is 0 Å². The number of nitriles is 1. The molecule has 0 saturated carbocycles. The van der Waals surface area contributed by atoms with Crippen LogP contribution in [0.4, 0.5) is 5.88 Å². The van der Waals surface area contributed by atoms with Gasteiger partial charge in [0, 0.05) is 23.7 Å². The van der Waals surface area contributed by atoms with Crippen LogP contribution >= 0.6 is 11.6 Å². The second-order valence-electron chi connectivity index (χ2n) is 6.15. The molecule has 0 amide bonds. The summed E-state index contributed by atoms with van der Waals surface area (Å²) in [5.74, 6) is 2.18. The summed E-state index contributed by atoms with van der Waals surface area (Å²) in [5, 5.41) is 9.99. The van der Waals surface area contributed by atoms with Crippen molar-refractivity contribution in [3.8, 4) is 17.5 Å². The van der Waals surface area contributed by atoms with Gasteiger partial charge in [-0.3, -0.25) is 0 Å². The minimum Gasteiger partial charge on any atom is -0.419 e. The Morgan fingerprint density at radius 3 is 2.68 bits per heavy atom. The molecule has 0 aliphatic carbocycles. The minimum absolute atomic E-state index is 0.344. The molecule has 3 rings (SSSR count). The Bertz CT molecular complexity index is 709. The predicted molar refractivity (Wildman–Crippen MR) is 86.8 cm³/mol. The van der Waals surface area contributed by atoms with E-state index in [-0.39, 0.29) is 0 Å². The number of aromatic nitrogens is 1. The molecule has 0 N–H and O–H groups in total. The lowest BCUT2D eigenvalue weighted by Gasteiger charge is -2.34. The summed E-state index contributed by atoms with van der Waals surface area (Å²) in [6, 6.07) is 9.46. The highest BCUT2D eigenvalue weighted by molar-refractivity contribution is 6.30. The average molecular weight is 316 g/mol. The van der Waals surface area contributed by atoms with E-state index in [1.165, 1.54) is 6.42 Å². The van der Waals surface area contributed by atoms with Crippen molar-refractivity contribution in [3.05, 3.63) is 35.0 Å². The Balaban J connectivity index is 1.97. The molecule has 1 aromatic heterocycles. The number of hydrogen-bond acceptors (Lipinski definition) is 4. The first-order valence-electron chi connectivity index (χ1n) is 7.48. The van der Waals surface area contributed by atoms with Crippen molar-refractivity contribution < 1.29 is 4.42 Å². The third kappa shape index (κ3) is 2.95. The van der Waals surface area contributed by atoms with Gasteiger partial charge in [-0.1, -0.05) is 31.5 Å². The molecule has 114 valence electrons. The highest BCUT2D eigenvalue weighted by Gasteiger charge is 2.27. The summed E-state index contributed by atoms with van der Waals surface area (Å²) < 4.78 is 5.92. The minimum atomic E-state index is 0.344. The van der Waals surface area contributed by atoms with Crippen molar-refractivity contribution >= 4 is 17.5 Å². The third-order valence-corrected chi connectivity index (χ3v) is 4.18. The van der Waals surface area contributed by atoms with Crippen LogP contribution in [0.3, 0.4) is 0 Å². The fourth-order valence-electron chi connectivity index (χ4n) is 3.17. The zero-order valence-corrected chi connectivity index (χ0v) is 13.5. The first kappa shape index (κ1) is 14.9. The molecule has 1 aromatic carbocycles. The van der Waals surface area contributed by atoms with Gasteiger partial charge in [0.05, 0.1) is 0 Å². The SMILES string of the molecule is C[C@@H]1C[C@@H](C)CN(c2oc(-c3cccc(Cl)c3)nc2C#N)C1. The second-order valence-corrected chi connectivity index (χ2v) is 6.58. The topological polar surface area (TPSA) is 53.1 Å². The smallest absolute Gasteiger partial charge is 0.235 e. The summed E-state index contributed by atoms with van der Waals surface area (Å²) in [6.07, 6.45) is 1.20. The summed E-state index contributed by atoms with van der Waals surface area (Å²) in [4.78, 5) is 6.47. The fraction of sp³-hybridized carbons (Fsp3) is 0.412. The molecule has 1 fully saturated rings. The lowest BCUT2D eigenvalue weighted by molar-refractivity contribution is 0.344. The van der Waals surface area contributed by atoms with E-state index in [9.17, 15) is 5.26 Å². The van der Waals surface area contributed by atoms with Crippen LogP contribution in [0.5, 0.6) is 0 Å². The first-order chi connectivity index (χ1) is 10.6. The van der Waals surface area contributed by atoms with E-state index >= 15 is 0 Å². The number of piperidine rings is 1. The molecule has 5 heteroatoms. The number of nitrogens with zero attached hydrogens (tertiary/aromatic N) is 3. The van der Waals surface area contributed by atoms with E-state index in [1.807, 2.05) is 12.1 Å². The van der Waals surface area contributed by atoms with Crippen molar-refractivity contribution in [1.29, 1.82) is 5.26 Å². The molecule has 0 spiro atoms. The zero-order valence-electron chi connectivity index (χ0n) is 12.7. The summed E-state index contributed by atoms with van der Waals surface area (Å²) in [6.45, 7) is 6.23. The zero-order chi connectivity index (χ0) is 15.7. The van der Waals surface area contributed by atoms with Gasteiger partial charge in [-0.15, -0.1) is 0 Å². The standard InChI is InChI=1S/C17H18ClN3O/c1-11-6-12(2)10-21(9-11)17-15(8-19)20-16(22-17)13-4-3-5-14(18)7-13/h3-5,7,11-12H,6,9-10H2,1-2H3/t11-,12-/m1/s1. The van der Waals surface area contributed by atoms with Gasteiger partial charge in [0.2, 0.25) is 17.5 Å². The molecule has 0 unspecified atom stereocenters. The molecular weight excluding hydrogens is 298 g/mol. The lowest BCUT2D eigenvalue weighted by atomic mass is 9.92. The van der Waals surface area contributed by atoms with Crippen molar-refractivity contribution in [2.45, 2.75) is 20.3 Å².